The molecule has 2 heterocycles. The van der Waals surface area contributed by atoms with Crippen LogP contribution in [0, 0.1) is 13.8 Å². The van der Waals surface area contributed by atoms with Gasteiger partial charge in [0.15, 0.2) is 5.82 Å². The number of nitrogens with one attached hydrogen (secondary N) is 3. The molecule has 0 atom stereocenters. The lowest BCUT2D eigenvalue weighted by atomic mass is 10.0. The first-order chi connectivity index (χ1) is 17.6. The van der Waals surface area contributed by atoms with E-state index in [2.05, 4.69) is 31.0 Å². The van der Waals surface area contributed by atoms with Crippen LogP contribution in [-0.2, 0) is 12.7 Å². The SMILES string of the molecule is CNc1cc(-n2nc(C)cc2Nc2cc(NC(=O)c3cc(C(F)(F)F)ccc3CN)ccc2C)ncn1. The molecule has 0 fully saturated rings. The van der Waals surface area contributed by atoms with Crippen molar-refractivity contribution in [1.82, 2.24) is 19.7 Å². The van der Waals surface area contributed by atoms with E-state index in [1.54, 1.807) is 36.0 Å². The third kappa shape index (κ3) is 5.70. The van der Waals surface area contributed by atoms with E-state index in [4.69, 9.17) is 5.73 Å². The third-order valence-corrected chi connectivity index (χ3v) is 5.62. The minimum atomic E-state index is -4.58. The van der Waals surface area contributed by atoms with Crippen molar-refractivity contribution in [3.8, 4) is 5.82 Å². The summed E-state index contributed by atoms with van der Waals surface area (Å²) in [7, 11) is 1.75. The minimum Gasteiger partial charge on any atom is -0.373 e. The average Bonchev–Trinajstić information content (AvgIpc) is 3.24. The fraction of sp³-hybridized carbons (Fsp3) is 0.200. The molecule has 37 heavy (non-hydrogen) atoms. The highest BCUT2D eigenvalue weighted by Crippen LogP contribution is 2.31. The Morgan fingerprint density at radius 2 is 1.84 bits per heavy atom. The number of nitrogens with zero attached hydrogens (tertiary/aromatic N) is 4. The van der Waals surface area contributed by atoms with E-state index >= 15 is 0 Å². The van der Waals surface area contributed by atoms with Crippen molar-refractivity contribution in [3.05, 3.63) is 82.8 Å². The molecule has 0 aliphatic carbocycles. The van der Waals surface area contributed by atoms with Gasteiger partial charge in [0.1, 0.15) is 18.0 Å². The van der Waals surface area contributed by atoms with Crippen LogP contribution in [0.4, 0.5) is 36.2 Å². The number of carbonyl (C=O) groups excluding carboxylic acids is 1. The summed E-state index contributed by atoms with van der Waals surface area (Å²) in [6.45, 7) is 3.64. The first-order valence-corrected chi connectivity index (χ1v) is 11.2. The third-order valence-electron chi connectivity index (χ3n) is 5.62. The number of hydrogen-bond acceptors (Lipinski definition) is 7. The number of halogens is 3. The highest BCUT2D eigenvalue weighted by Gasteiger charge is 2.31. The van der Waals surface area contributed by atoms with Crippen LogP contribution in [0.1, 0.15) is 32.7 Å². The zero-order chi connectivity index (χ0) is 26.7. The summed E-state index contributed by atoms with van der Waals surface area (Å²) in [4.78, 5) is 21.3. The summed E-state index contributed by atoms with van der Waals surface area (Å²) in [5.41, 5.74) is 7.57. The summed E-state index contributed by atoms with van der Waals surface area (Å²) < 4.78 is 41.2. The number of amides is 1. The van der Waals surface area contributed by atoms with E-state index in [9.17, 15) is 18.0 Å². The Hall–Kier alpha value is -4.45. The fourth-order valence-electron chi connectivity index (χ4n) is 3.68. The number of rotatable bonds is 7. The predicted molar refractivity (Wildman–Crippen MR) is 135 cm³/mol. The van der Waals surface area contributed by atoms with Gasteiger partial charge < -0.3 is 21.7 Å². The van der Waals surface area contributed by atoms with Crippen LogP contribution in [0.2, 0.25) is 0 Å². The van der Waals surface area contributed by atoms with Crippen LogP contribution < -0.4 is 21.7 Å². The van der Waals surface area contributed by atoms with E-state index in [1.165, 1.54) is 12.4 Å². The molecule has 4 aromatic rings. The van der Waals surface area contributed by atoms with Gasteiger partial charge in [0, 0.05) is 42.7 Å². The Bertz CT molecular complexity index is 1450. The van der Waals surface area contributed by atoms with Gasteiger partial charge >= 0.3 is 6.18 Å². The van der Waals surface area contributed by atoms with E-state index in [0.717, 1.165) is 23.4 Å². The Balaban J connectivity index is 1.62. The zero-order valence-electron chi connectivity index (χ0n) is 20.3. The van der Waals surface area contributed by atoms with Gasteiger partial charge in [-0.2, -0.15) is 23.0 Å². The number of hydrogen-bond donors (Lipinski definition) is 4. The van der Waals surface area contributed by atoms with E-state index < -0.39 is 17.6 Å². The molecule has 9 nitrogen and oxygen atoms in total. The Kier molecular flexibility index (Phi) is 7.11. The summed E-state index contributed by atoms with van der Waals surface area (Å²) in [5.74, 6) is 1.09. The second kappa shape index (κ2) is 10.3. The first-order valence-electron chi connectivity index (χ1n) is 11.2. The second-order valence-corrected chi connectivity index (χ2v) is 8.28. The monoisotopic (exact) mass is 510 g/mol. The molecule has 192 valence electrons. The summed E-state index contributed by atoms with van der Waals surface area (Å²) in [6, 6.07) is 11.7. The maximum absolute atomic E-state index is 13.2. The molecule has 1 amide bonds. The van der Waals surface area contributed by atoms with Gasteiger partial charge in [-0.05, 0) is 49.2 Å². The minimum absolute atomic E-state index is 0.0801. The van der Waals surface area contributed by atoms with Crippen molar-refractivity contribution in [2.45, 2.75) is 26.6 Å². The molecular formula is C25H25F3N8O. The number of nitrogens with two attached hydrogens (primary N) is 1. The van der Waals surface area contributed by atoms with E-state index in [0.29, 0.717) is 34.4 Å². The van der Waals surface area contributed by atoms with Crippen molar-refractivity contribution < 1.29 is 18.0 Å². The second-order valence-electron chi connectivity index (χ2n) is 8.28. The lowest BCUT2D eigenvalue weighted by molar-refractivity contribution is -0.137. The Morgan fingerprint density at radius 3 is 2.54 bits per heavy atom. The van der Waals surface area contributed by atoms with Crippen molar-refractivity contribution >= 4 is 28.9 Å². The summed E-state index contributed by atoms with van der Waals surface area (Å²) in [6.07, 6.45) is -3.16. The van der Waals surface area contributed by atoms with Crippen LogP contribution in [0.5, 0.6) is 0 Å². The molecule has 12 heteroatoms. The van der Waals surface area contributed by atoms with Gasteiger partial charge in [0.05, 0.1) is 11.3 Å². The van der Waals surface area contributed by atoms with Crippen LogP contribution >= 0.6 is 0 Å². The lowest BCUT2D eigenvalue weighted by Crippen LogP contribution is -2.18. The summed E-state index contributed by atoms with van der Waals surface area (Å²) >= 11 is 0. The molecule has 4 rings (SSSR count). The van der Waals surface area contributed by atoms with Crippen LogP contribution in [-0.4, -0.2) is 32.7 Å². The first kappa shape index (κ1) is 25.6. The maximum atomic E-state index is 13.2. The van der Waals surface area contributed by atoms with Gasteiger partial charge in [0.25, 0.3) is 5.91 Å². The molecule has 0 radical (unpaired) electrons. The normalized spacial score (nSPS) is 11.3. The molecule has 0 aliphatic rings. The molecule has 2 aromatic heterocycles. The molecule has 0 saturated heterocycles. The van der Waals surface area contributed by atoms with Gasteiger partial charge in [-0.25, -0.2) is 9.97 Å². The van der Waals surface area contributed by atoms with Gasteiger partial charge in [0.2, 0.25) is 0 Å². The summed E-state index contributed by atoms with van der Waals surface area (Å²) in [5, 5.41) is 13.4. The molecule has 5 N–H and O–H groups in total. The Labute approximate surface area is 210 Å². The highest BCUT2D eigenvalue weighted by atomic mass is 19.4. The maximum Gasteiger partial charge on any atom is 0.416 e. The number of carbonyl (C=O) groups is 1. The predicted octanol–water partition coefficient (Wildman–Crippen LogP) is 4.79. The van der Waals surface area contributed by atoms with Gasteiger partial charge in [-0.3, -0.25) is 4.79 Å². The Morgan fingerprint density at radius 1 is 1.05 bits per heavy atom. The van der Waals surface area contributed by atoms with Crippen LogP contribution in [0.3, 0.4) is 0 Å². The van der Waals surface area contributed by atoms with E-state index in [-0.39, 0.29) is 12.1 Å². The quantitative estimate of drug-likeness (QED) is 0.282. The molecule has 0 unspecified atom stereocenters. The topological polar surface area (TPSA) is 123 Å². The number of anilines is 4. The molecular weight excluding hydrogens is 485 g/mol. The highest BCUT2D eigenvalue weighted by molar-refractivity contribution is 6.05. The molecule has 0 aliphatic heterocycles. The van der Waals surface area contributed by atoms with E-state index in [1.807, 2.05) is 19.9 Å². The number of aromatic nitrogens is 4. The van der Waals surface area contributed by atoms with Crippen LogP contribution in [0.15, 0.2) is 54.9 Å². The molecule has 0 spiro atoms. The van der Waals surface area contributed by atoms with Crippen molar-refractivity contribution in [2.24, 2.45) is 5.73 Å². The van der Waals surface area contributed by atoms with Crippen molar-refractivity contribution in [2.75, 3.05) is 23.0 Å². The largest absolute Gasteiger partial charge is 0.416 e. The standard InChI is InChI=1S/C25H25F3N8O/c1-14-4-7-18(33-24(37)19-9-17(25(26,27)28)6-5-16(19)12-29)10-20(14)34-23-8-15(2)35-36(23)22-11-21(30-3)31-13-32-22/h4-11,13,34H,12,29H2,1-3H3,(H,33,37)(H,30,31,32). The smallest absolute Gasteiger partial charge is 0.373 e. The number of benzene rings is 2. The molecule has 2 aromatic carbocycles. The van der Waals surface area contributed by atoms with Gasteiger partial charge in [-0.15, -0.1) is 0 Å². The molecule has 0 saturated carbocycles. The lowest BCUT2D eigenvalue weighted by Gasteiger charge is -2.15. The fourth-order valence-corrected chi connectivity index (χ4v) is 3.68. The number of aryl methyl sites for hydroxylation is 2. The number of alkyl halides is 3. The van der Waals surface area contributed by atoms with Crippen molar-refractivity contribution in [1.29, 1.82) is 0 Å². The van der Waals surface area contributed by atoms with Gasteiger partial charge in [-0.1, -0.05) is 12.1 Å². The average molecular weight is 511 g/mol. The zero-order valence-corrected chi connectivity index (χ0v) is 20.3. The van der Waals surface area contributed by atoms with Crippen molar-refractivity contribution in [3.63, 3.8) is 0 Å². The van der Waals surface area contributed by atoms with Crippen LogP contribution in [0.25, 0.3) is 5.82 Å². The molecule has 0 bridgehead atoms.